The molecule has 0 amide bonds. The molecule has 0 saturated carbocycles. The zero-order valence-corrected chi connectivity index (χ0v) is 12.9. The molecule has 1 aromatic carbocycles. The van der Waals surface area contributed by atoms with Gasteiger partial charge in [-0.3, -0.25) is 4.90 Å². The van der Waals surface area contributed by atoms with Gasteiger partial charge in [0.05, 0.1) is 11.1 Å². The van der Waals surface area contributed by atoms with Crippen molar-refractivity contribution < 1.29 is 9.90 Å². The van der Waals surface area contributed by atoms with Gasteiger partial charge in [0.25, 0.3) is 0 Å². The average molecular weight is 286 g/mol. The molecule has 4 heteroatoms. The number of carboxylic acids is 1. The molecule has 1 aliphatic rings. The summed E-state index contributed by atoms with van der Waals surface area (Å²) in [7, 11) is 0. The molecule has 0 bridgehead atoms. The fourth-order valence-corrected chi connectivity index (χ4v) is 3.59. The zero-order chi connectivity index (χ0) is 15.1. The van der Waals surface area contributed by atoms with Crippen LogP contribution in [-0.2, 0) is 19.5 Å². The third kappa shape index (κ3) is 2.05. The number of hydrogen-bond donors (Lipinski definition) is 1. The van der Waals surface area contributed by atoms with Crippen molar-refractivity contribution >= 4 is 16.9 Å². The Kier molecular flexibility index (Phi) is 3.49. The van der Waals surface area contributed by atoms with Crippen LogP contribution in [0.3, 0.4) is 0 Å². The first kappa shape index (κ1) is 14.1. The molecule has 21 heavy (non-hydrogen) atoms. The van der Waals surface area contributed by atoms with Crippen LogP contribution in [0.25, 0.3) is 10.9 Å². The molecule has 1 aromatic heterocycles. The third-order valence-corrected chi connectivity index (χ3v) is 4.68. The largest absolute Gasteiger partial charge is 0.478 e. The van der Waals surface area contributed by atoms with Crippen molar-refractivity contribution in [2.45, 2.75) is 40.3 Å². The lowest BCUT2D eigenvalue weighted by Gasteiger charge is -2.26. The Morgan fingerprint density at radius 3 is 2.67 bits per heavy atom. The topological polar surface area (TPSA) is 45.5 Å². The van der Waals surface area contributed by atoms with Crippen LogP contribution in [0.15, 0.2) is 12.1 Å². The second kappa shape index (κ2) is 5.19. The van der Waals surface area contributed by atoms with Gasteiger partial charge in [-0.2, -0.15) is 0 Å². The highest BCUT2D eigenvalue weighted by atomic mass is 16.4. The molecule has 0 spiro atoms. The molecule has 3 rings (SSSR count). The standard InChI is InChI=1S/C17H22N2O2/c1-4-18-9-8-14-13(10-18)12-7-6-11(3)15(17(20)21)16(12)19(14)5-2/h6-7H,4-5,8-10H2,1-3H3,(H,20,21). The number of fused-ring (bicyclic) bond motifs is 3. The summed E-state index contributed by atoms with van der Waals surface area (Å²) in [4.78, 5) is 14.1. The van der Waals surface area contributed by atoms with Gasteiger partial charge in [0, 0.05) is 37.1 Å². The lowest BCUT2D eigenvalue weighted by Crippen LogP contribution is -2.30. The molecular formula is C17H22N2O2. The summed E-state index contributed by atoms with van der Waals surface area (Å²) in [5, 5.41) is 10.7. The van der Waals surface area contributed by atoms with Gasteiger partial charge < -0.3 is 9.67 Å². The number of carboxylic acid groups (broad SMARTS) is 1. The maximum Gasteiger partial charge on any atom is 0.338 e. The Labute approximate surface area is 125 Å². The Bertz CT molecular complexity index is 715. The first-order chi connectivity index (χ1) is 10.1. The zero-order valence-electron chi connectivity index (χ0n) is 12.9. The van der Waals surface area contributed by atoms with E-state index in [1.54, 1.807) is 0 Å². The molecular weight excluding hydrogens is 264 g/mol. The second-order valence-electron chi connectivity index (χ2n) is 5.75. The fraction of sp³-hybridized carbons (Fsp3) is 0.471. The van der Waals surface area contributed by atoms with E-state index in [0.29, 0.717) is 5.56 Å². The van der Waals surface area contributed by atoms with Gasteiger partial charge in [-0.05, 0) is 31.5 Å². The van der Waals surface area contributed by atoms with Crippen LogP contribution in [0.5, 0.6) is 0 Å². The van der Waals surface area contributed by atoms with Crippen LogP contribution < -0.4 is 0 Å². The predicted molar refractivity (Wildman–Crippen MR) is 84.0 cm³/mol. The molecule has 0 aliphatic carbocycles. The number of carbonyl (C=O) groups is 1. The van der Waals surface area contributed by atoms with E-state index in [-0.39, 0.29) is 0 Å². The molecule has 112 valence electrons. The Morgan fingerprint density at radius 1 is 1.29 bits per heavy atom. The van der Waals surface area contributed by atoms with E-state index >= 15 is 0 Å². The lowest BCUT2D eigenvalue weighted by atomic mass is 10.0. The molecule has 2 aromatic rings. The quantitative estimate of drug-likeness (QED) is 0.943. The summed E-state index contributed by atoms with van der Waals surface area (Å²) in [6, 6.07) is 4.04. The molecule has 1 aliphatic heterocycles. The minimum atomic E-state index is -0.824. The monoisotopic (exact) mass is 286 g/mol. The SMILES string of the molecule is CCN1CCc2c(c3ccc(C)c(C(=O)O)c3n2CC)C1. The molecule has 0 unspecified atom stereocenters. The summed E-state index contributed by atoms with van der Waals surface area (Å²) in [5.74, 6) is -0.824. The summed E-state index contributed by atoms with van der Waals surface area (Å²) in [6.07, 6.45) is 1.00. The van der Waals surface area contributed by atoms with E-state index in [1.807, 2.05) is 13.0 Å². The Balaban J connectivity index is 2.35. The lowest BCUT2D eigenvalue weighted by molar-refractivity contribution is 0.0698. The van der Waals surface area contributed by atoms with Crippen molar-refractivity contribution in [1.29, 1.82) is 0 Å². The van der Waals surface area contributed by atoms with Crippen molar-refractivity contribution in [3.05, 3.63) is 34.5 Å². The van der Waals surface area contributed by atoms with Crippen LogP contribution in [0, 0.1) is 6.92 Å². The number of hydrogen-bond acceptors (Lipinski definition) is 2. The van der Waals surface area contributed by atoms with Crippen LogP contribution in [0.2, 0.25) is 0 Å². The molecule has 0 fully saturated rings. The first-order valence-corrected chi connectivity index (χ1v) is 7.67. The number of likely N-dealkylation sites (N-methyl/N-ethyl adjacent to an activating group) is 1. The molecule has 0 radical (unpaired) electrons. The smallest absolute Gasteiger partial charge is 0.338 e. The number of benzene rings is 1. The van der Waals surface area contributed by atoms with Crippen molar-refractivity contribution in [1.82, 2.24) is 9.47 Å². The van der Waals surface area contributed by atoms with Gasteiger partial charge in [-0.15, -0.1) is 0 Å². The van der Waals surface area contributed by atoms with Gasteiger partial charge >= 0.3 is 5.97 Å². The Morgan fingerprint density at radius 2 is 2.05 bits per heavy atom. The van der Waals surface area contributed by atoms with Crippen molar-refractivity contribution in [2.75, 3.05) is 13.1 Å². The summed E-state index contributed by atoms with van der Waals surface area (Å²) in [5.41, 5.74) is 4.86. The number of aryl methyl sites for hydroxylation is 2. The maximum atomic E-state index is 11.7. The highest BCUT2D eigenvalue weighted by molar-refractivity contribution is 6.05. The number of rotatable bonds is 3. The second-order valence-corrected chi connectivity index (χ2v) is 5.75. The van der Waals surface area contributed by atoms with Crippen molar-refractivity contribution in [2.24, 2.45) is 0 Å². The average Bonchev–Trinajstić information content (AvgIpc) is 2.79. The number of nitrogens with zero attached hydrogens (tertiary/aromatic N) is 2. The summed E-state index contributed by atoms with van der Waals surface area (Å²) >= 11 is 0. The predicted octanol–water partition coefficient (Wildman–Crippen LogP) is 3.05. The molecule has 0 saturated heterocycles. The minimum Gasteiger partial charge on any atom is -0.478 e. The van der Waals surface area contributed by atoms with Gasteiger partial charge in [0.2, 0.25) is 0 Å². The van der Waals surface area contributed by atoms with E-state index in [0.717, 1.165) is 49.1 Å². The molecule has 1 N–H and O–H groups in total. The van der Waals surface area contributed by atoms with E-state index in [2.05, 4.69) is 29.4 Å². The number of aromatic carboxylic acids is 1. The highest BCUT2D eigenvalue weighted by Crippen LogP contribution is 2.34. The normalized spacial score (nSPS) is 15.4. The summed E-state index contributed by atoms with van der Waals surface area (Å²) in [6.45, 7) is 10.0. The van der Waals surface area contributed by atoms with Gasteiger partial charge in [-0.25, -0.2) is 4.79 Å². The van der Waals surface area contributed by atoms with Crippen LogP contribution in [0.4, 0.5) is 0 Å². The van der Waals surface area contributed by atoms with Crippen LogP contribution >= 0.6 is 0 Å². The van der Waals surface area contributed by atoms with E-state index in [1.165, 1.54) is 11.3 Å². The number of aromatic nitrogens is 1. The fourth-order valence-electron chi connectivity index (χ4n) is 3.59. The van der Waals surface area contributed by atoms with E-state index in [9.17, 15) is 9.90 Å². The highest BCUT2D eigenvalue weighted by Gasteiger charge is 2.26. The van der Waals surface area contributed by atoms with E-state index < -0.39 is 5.97 Å². The molecule has 2 heterocycles. The van der Waals surface area contributed by atoms with Gasteiger partial charge in [0.15, 0.2) is 0 Å². The first-order valence-electron chi connectivity index (χ1n) is 7.67. The third-order valence-electron chi connectivity index (χ3n) is 4.68. The molecule has 4 nitrogen and oxygen atoms in total. The maximum absolute atomic E-state index is 11.7. The van der Waals surface area contributed by atoms with Crippen molar-refractivity contribution in [3.63, 3.8) is 0 Å². The van der Waals surface area contributed by atoms with Crippen LogP contribution in [0.1, 0.15) is 41.0 Å². The van der Waals surface area contributed by atoms with Gasteiger partial charge in [0.1, 0.15) is 0 Å². The van der Waals surface area contributed by atoms with Gasteiger partial charge in [-0.1, -0.05) is 19.1 Å². The molecule has 0 atom stereocenters. The van der Waals surface area contributed by atoms with Crippen molar-refractivity contribution in [3.8, 4) is 0 Å². The Hall–Kier alpha value is -1.81. The van der Waals surface area contributed by atoms with E-state index in [4.69, 9.17) is 0 Å². The minimum absolute atomic E-state index is 0.465. The van der Waals surface area contributed by atoms with Crippen LogP contribution in [-0.4, -0.2) is 33.6 Å². The summed E-state index contributed by atoms with van der Waals surface area (Å²) < 4.78 is 2.22.